The Morgan fingerprint density at radius 3 is 2.74 bits per heavy atom. The first-order valence-electron chi connectivity index (χ1n) is 10.2. The van der Waals surface area contributed by atoms with E-state index in [-0.39, 0.29) is 28.6 Å². The van der Waals surface area contributed by atoms with Crippen molar-refractivity contribution in [3.8, 4) is 0 Å². The highest BCUT2D eigenvalue weighted by Gasteiger charge is 2.17. The number of furan rings is 1. The van der Waals surface area contributed by atoms with Gasteiger partial charge in [-0.1, -0.05) is 17.8 Å². The number of carbonyl (C=O) groups is 2. The first kappa shape index (κ1) is 23.2. The Labute approximate surface area is 197 Å². The highest BCUT2D eigenvalue weighted by molar-refractivity contribution is 7.99. The fourth-order valence-electron chi connectivity index (χ4n) is 3.25. The largest absolute Gasteiger partial charge is 0.467 e. The normalized spacial score (nSPS) is 10.9. The van der Waals surface area contributed by atoms with Crippen molar-refractivity contribution in [1.29, 1.82) is 0 Å². The van der Waals surface area contributed by atoms with E-state index < -0.39 is 17.7 Å². The van der Waals surface area contributed by atoms with Crippen LogP contribution >= 0.6 is 11.8 Å². The molecule has 174 valence electrons. The number of ether oxygens (including phenoxy) is 1. The second kappa shape index (κ2) is 9.92. The molecular weight excluding hydrogens is 461 g/mol. The quantitative estimate of drug-likeness (QED) is 0.242. The maximum atomic E-state index is 13.8. The van der Waals surface area contributed by atoms with Gasteiger partial charge in [0.2, 0.25) is 5.91 Å². The van der Waals surface area contributed by atoms with E-state index in [0.717, 1.165) is 11.8 Å². The summed E-state index contributed by atoms with van der Waals surface area (Å²) in [5.74, 6) is -0.911. The van der Waals surface area contributed by atoms with Crippen molar-refractivity contribution < 1.29 is 23.1 Å². The molecule has 0 atom stereocenters. The number of aryl methyl sites for hydroxylation is 1. The smallest absolute Gasteiger partial charge is 0.337 e. The lowest BCUT2D eigenvalue weighted by molar-refractivity contribution is -0.113. The Morgan fingerprint density at radius 1 is 1.21 bits per heavy atom. The molecule has 0 aliphatic carbocycles. The Morgan fingerprint density at radius 2 is 2.03 bits per heavy atom. The lowest BCUT2D eigenvalue weighted by Gasteiger charge is -2.13. The van der Waals surface area contributed by atoms with E-state index in [1.54, 1.807) is 31.2 Å². The minimum atomic E-state index is -0.553. The molecule has 0 bridgehead atoms. The van der Waals surface area contributed by atoms with Crippen molar-refractivity contribution in [3.63, 3.8) is 0 Å². The molecule has 0 radical (unpaired) electrons. The van der Waals surface area contributed by atoms with Crippen molar-refractivity contribution in [2.75, 3.05) is 18.2 Å². The number of anilines is 1. The number of thioether (sulfide) groups is 1. The number of fused-ring (bicyclic) bond motifs is 1. The molecule has 0 fully saturated rings. The summed E-state index contributed by atoms with van der Waals surface area (Å²) >= 11 is 1.04. The minimum absolute atomic E-state index is 0.0811. The number of halogens is 1. The minimum Gasteiger partial charge on any atom is -0.467 e. The zero-order chi connectivity index (χ0) is 24.2. The van der Waals surface area contributed by atoms with Crippen molar-refractivity contribution in [2.45, 2.75) is 18.6 Å². The van der Waals surface area contributed by atoms with Crippen LogP contribution in [0.15, 0.2) is 69.2 Å². The Hall–Kier alpha value is -3.92. The summed E-state index contributed by atoms with van der Waals surface area (Å²) < 4.78 is 25.3. The molecule has 4 aromatic rings. The molecule has 2 heterocycles. The van der Waals surface area contributed by atoms with E-state index in [4.69, 9.17) is 9.15 Å². The summed E-state index contributed by atoms with van der Waals surface area (Å²) in [6.45, 7) is 1.74. The van der Waals surface area contributed by atoms with Gasteiger partial charge in [0.15, 0.2) is 5.16 Å². The van der Waals surface area contributed by atoms with E-state index in [1.165, 1.54) is 42.2 Å². The van der Waals surface area contributed by atoms with Gasteiger partial charge in [-0.05, 0) is 55.0 Å². The molecule has 34 heavy (non-hydrogen) atoms. The number of nitrogens with one attached hydrogen (secondary N) is 1. The van der Waals surface area contributed by atoms with Crippen LogP contribution in [0.25, 0.3) is 10.9 Å². The van der Waals surface area contributed by atoms with Crippen LogP contribution in [0.2, 0.25) is 0 Å². The van der Waals surface area contributed by atoms with Gasteiger partial charge in [0.1, 0.15) is 11.6 Å². The monoisotopic (exact) mass is 481 g/mol. The molecular formula is C24H20FN3O5S. The number of nitrogens with zero attached hydrogens (tertiary/aromatic N) is 2. The molecule has 4 rings (SSSR count). The van der Waals surface area contributed by atoms with E-state index in [1.807, 2.05) is 0 Å². The number of esters is 1. The third-order valence-corrected chi connectivity index (χ3v) is 6.00. The predicted octanol–water partition coefficient (Wildman–Crippen LogP) is 4.00. The van der Waals surface area contributed by atoms with E-state index in [2.05, 4.69) is 10.3 Å². The van der Waals surface area contributed by atoms with Gasteiger partial charge in [0, 0.05) is 5.69 Å². The lowest BCUT2D eigenvalue weighted by Crippen LogP contribution is -2.25. The SMILES string of the molecule is COC(=O)c1ccc2c(=O)n(Cc3ccco3)c(SCC(=O)Nc3ccc(C)c(F)c3)nc2c1. The van der Waals surface area contributed by atoms with Gasteiger partial charge in [-0.2, -0.15) is 0 Å². The van der Waals surface area contributed by atoms with Crippen molar-refractivity contribution >= 4 is 40.2 Å². The number of carbonyl (C=O) groups excluding carboxylic acids is 2. The first-order chi connectivity index (χ1) is 16.4. The second-order valence-corrected chi connectivity index (χ2v) is 8.33. The van der Waals surface area contributed by atoms with Gasteiger partial charge in [0.05, 0.1) is 42.1 Å². The van der Waals surface area contributed by atoms with E-state index in [9.17, 15) is 18.8 Å². The summed E-state index contributed by atoms with van der Waals surface area (Å²) in [6, 6.07) is 12.3. The Bertz CT molecular complexity index is 1430. The number of amides is 1. The summed E-state index contributed by atoms with van der Waals surface area (Å²) in [5, 5.41) is 3.21. The number of benzene rings is 2. The molecule has 0 aliphatic rings. The Kier molecular flexibility index (Phi) is 6.78. The van der Waals surface area contributed by atoms with Gasteiger partial charge in [-0.25, -0.2) is 14.2 Å². The maximum absolute atomic E-state index is 13.8. The summed E-state index contributed by atoms with van der Waals surface area (Å²) in [4.78, 5) is 42.2. The van der Waals surface area contributed by atoms with Crippen LogP contribution in [0, 0.1) is 12.7 Å². The topological polar surface area (TPSA) is 103 Å². The van der Waals surface area contributed by atoms with Crippen LogP contribution in [0.4, 0.5) is 10.1 Å². The molecule has 0 saturated heterocycles. The Balaban J connectivity index is 1.65. The molecule has 0 saturated carbocycles. The predicted molar refractivity (Wildman–Crippen MR) is 126 cm³/mol. The fraction of sp³-hybridized carbons (Fsp3) is 0.167. The molecule has 2 aromatic heterocycles. The van der Waals surface area contributed by atoms with Crippen LogP contribution in [-0.4, -0.2) is 34.3 Å². The van der Waals surface area contributed by atoms with Crippen LogP contribution in [0.1, 0.15) is 21.7 Å². The summed E-state index contributed by atoms with van der Waals surface area (Å²) in [5.41, 5.74) is 1.01. The molecule has 1 amide bonds. The van der Waals surface area contributed by atoms with Crippen LogP contribution < -0.4 is 10.9 Å². The molecule has 0 unspecified atom stereocenters. The van der Waals surface area contributed by atoms with Crippen LogP contribution in [0.5, 0.6) is 0 Å². The third-order valence-electron chi connectivity index (χ3n) is 5.02. The average Bonchev–Trinajstić information content (AvgIpc) is 3.34. The standard InChI is InChI=1S/C24H20FN3O5S/c1-14-5-7-16(11-19(14)25)26-21(29)13-34-24-27-20-10-15(23(31)32-2)6-8-18(20)22(30)28(24)12-17-4-3-9-33-17/h3-11H,12-13H2,1-2H3,(H,26,29). The number of rotatable bonds is 7. The molecule has 10 heteroatoms. The van der Waals surface area contributed by atoms with Crippen molar-refractivity contribution in [3.05, 3.63) is 87.9 Å². The molecule has 0 spiro atoms. The number of methoxy groups -OCH3 is 1. The van der Waals surface area contributed by atoms with Gasteiger partial charge in [0.25, 0.3) is 5.56 Å². The first-order valence-corrected chi connectivity index (χ1v) is 11.2. The highest BCUT2D eigenvalue weighted by atomic mass is 32.2. The fourth-order valence-corrected chi connectivity index (χ4v) is 4.05. The zero-order valence-corrected chi connectivity index (χ0v) is 19.1. The molecule has 2 aromatic carbocycles. The van der Waals surface area contributed by atoms with Crippen LogP contribution in [-0.2, 0) is 16.1 Å². The van der Waals surface area contributed by atoms with Gasteiger partial charge >= 0.3 is 5.97 Å². The molecule has 8 nitrogen and oxygen atoms in total. The van der Waals surface area contributed by atoms with Gasteiger partial charge < -0.3 is 14.5 Å². The maximum Gasteiger partial charge on any atom is 0.337 e. The third kappa shape index (κ3) is 5.01. The molecule has 0 aliphatic heterocycles. The van der Waals surface area contributed by atoms with Crippen LogP contribution in [0.3, 0.4) is 0 Å². The number of aromatic nitrogens is 2. The molecule has 1 N–H and O–H groups in total. The van der Waals surface area contributed by atoms with E-state index >= 15 is 0 Å². The highest BCUT2D eigenvalue weighted by Crippen LogP contribution is 2.21. The van der Waals surface area contributed by atoms with Crippen molar-refractivity contribution in [1.82, 2.24) is 9.55 Å². The summed E-state index contributed by atoms with van der Waals surface area (Å²) in [7, 11) is 1.26. The van der Waals surface area contributed by atoms with E-state index in [0.29, 0.717) is 27.9 Å². The zero-order valence-electron chi connectivity index (χ0n) is 18.3. The summed E-state index contributed by atoms with van der Waals surface area (Å²) in [6.07, 6.45) is 1.50. The lowest BCUT2D eigenvalue weighted by atomic mass is 10.1. The number of hydrogen-bond donors (Lipinski definition) is 1. The van der Waals surface area contributed by atoms with Crippen molar-refractivity contribution in [2.24, 2.45) is 0 Å². The number of hydrogen-bond acceptors (Lipinski definition) is 7. The average molecular weight is 482 g/mol. The van der Waals surface area contributed by atoms with Gasteiger partial charge in [-0.15, -0.1) is 0 Å². The second-order valence-electron chi connectivity index (χ2n) is 7.39. The van der Waals surface area contributed by atoms with Gasteiger partial charge in [-0.3, -0.25) is 14.2 Å².